The van der Waals surface area contributed by atoms with Crippen molar-refractivity contribution < 1.29 is 9.53 Å². The Morgan fingerprint density at radius 3 is 3.06 bits per heavy atom. The molecule has 2 aromatic rings. The number of rotatable bonds is 3. The first-order chi connectivity index (χ1) is 8.70. The predicted molar refractivity (Wildman–Crippen MR) is 67.0 cm³/mol. The van der Waals surface area contributed by atoms with Gasteiger partial charge in [-0.1, -0.05) is 11.6 Å². The number of nitrogens with zero attached hydrogens (tertiary/aromatic N) is 3. The van der Waals surface area contributed by atoms with E-state index in [1.165, 1.54) is 17.3 Å². The molecule has 1 heterocycles. The van der Waals surface area contributed by atoms with E-state index >= 15 is 0 Å². The summed E-state index contributed by atoms with van der Waals surface area (Å²) in [6.07, 6.45) is 2.39. The third-order valence-corrected chi connectivity index (χ3v) is 2.37. The molecule has 1 aromatic carbocycles. The number of nitrogens with one attached hydrogen (secondary N) is 1. The number of hydrogen-bond donors (Lipinski definition) is 1. The maximum absolute atomic E-state index is 11.4. The van der Waals surface area contributed by atoms with E-state index in [-0.39, 0.29) is 0 Å². The summed E-state index contributed by atoms with van der Waals surface area (Å²) >= 11 is 5.90. The van der Waals surface area contributed by atoms with E-state index in [2.05, 4.69) is 15.4 Å². The summed E-state index contributed by atoms with van der Waals surface area (Å²) in [5.41, 5.74) is 1.16. The highest BCUT2D eigenvalue weighted by atomic mass is 35.5. The summed E-state index contributed by atoms with van der Waals surface area (Å²) in [6, 6.07) is 5.06. The molecule has 0 unspecified atom stereocenters. The van der Waals surface area contributed by atoms with Crippen LogP contribution in [0.25, 0.3) is 5.69 Å². The lowest BCUT2D eigenvalue weighted by molar-refractivity contribution is 0.168. The van der Waals surface area contributed by atoms with Gasteiger partial charge in [0.1, 0.15) is 12.7 Å². The molecule has 0 saturated carbocycles. The molecule has 94 valence electrons. The molecule has 6 nitrogen and oxygen atoms in total. The fraction of sp³-hybridized carbons (Fsp3) is 0.182. The van der Waals surface area contributed by atoms with E-state index in [0.29, 0.717) is 23.0 Å². The highest BCUT2D eigenvalue weighted by molar-refractivity contribution is 6.31. The molecule has 0 atom stereocenters. The van der Waals surface area contributed by atoms with E-state index in [0.717, 1.165) is 0 Å². The SMILES string of the molecule is CCOC(=O)Nc1cc(Cl)ccc1-n1cncn1. The minimum Gasteiger partial charge on any atom is -0.450 e. The number of aromatic nitrogens is 3. The molecule has 0 aliphatic rings. The van der Waals surface area contributed by atoms with Crippen LogP contribution in [-0.2, 0) is 4.74 Å². The lowest BCUT2D eigenvalue weighted by Crippen LogP contribution is -2.15. The second-order valence-electron chi connectivity index (χ2n) is 3.35. The number of ether oxygens (including phenoxy) is 1. The number of anilines is 1. The van der Waals surface area contributed by atoms with Crippen LogP contribution < -0.4 is 5.32 Å². The zero-order chi connectivity index (χ0) is 13.0. The van der Waals surface area contributed by atoms with Gasteiger partial charge in [0.15, 0.2) is 0 Å². The number of benzene rings is 1. The number of hydrogen-bond acceptors (Lipinski definition) is 4. The van der Waals surface area contributed by atoms with Crippen molar-refractivity contribution in [2.75, 3.05) is 11.9 Å². The maximum Gasteiger partial charge on any atom is 0.411 e. The van der Waals surface area contributed by atoms with Crippen LogP contribution >= 0.6 is 11.6 Å². The highest BCUT2D eigenvalue weighted by Gasteiger charge is 2.10. The second kappa shape index (κ2) is 5.50. The van der Waals surface area contributed by atoms with Gasteiger partial charge in [0.2, 0.25) is 0 Å². The number of carbonyl (C=O) groups is 1. The minimum atomic E-state index is -0.541. The Balaban J connectivity index is 2.32. The van der Waals surface area contributed by atoms with Crippen molar-refractivity contribution in [3.8, 4) is 5.69 Å². The molecule has 0 saturated heterocycles. The third kappa shape index (κ3) is 2.78. The molecule has 1 N–H and O–H groups in total. The van der Waals surface area contributed by atoms with Gasteiger partial charge in [-0.2, -0.15) is 5.10 Å². The van der Waals surface area contributed by atoms with Crippen LogP contribution in [0.5, 0.6) is 0 Å². The van der Waals surface area contributed by atoms with Gasteiger partial charge in [-0.25, -0.2) is 14.5 Å². The van der Waals surface area contributed by atoms with E-state index in [1.54, 1.807) is 25.1 Å². The van der Waals surface area contributed by atoms with Crippen LogP contribution in [0.1, 0.15) is 6.92 Å². The molecule has 2 rings (SSSR count). The Bertz CT molecular complexity index is 542. The van der Waals surface area contributed by atoms with Gasteiger partial charge < -0.3 is 4.74 Å². The third-order valence-electron chi connectivity index (χ3n) is 2.14. The van der Waals surface area contributed by atoms with Crippen molar-refractivity contribution in [1.82, 2.24) is 14.8 Å². The molecular formula is C11H11ClN4O2. The molecule has 0 spiro atoms. The molecule has 1 aromatic heterocycles. The number of amides is 1. The maximum atomic E-state index is 11.4. The largest absolute Gasteiger partial charge is 0.450 e. The molecule has 0 fully saturated rings. The first-order valence-electron chi connectivity index (χ1n) is 5.29. The van der Waals surface area contributed by atoms with Gasteiger partial charge in [-0.3, -0.25) is 5.32 Å². The Morgan fingerprint density at radius 2 is 2.39 bits per heavy atom. The predicted octanol–water partition coefficient (Wildman–Crippen LogP) is 2.49. The van der Waals surface area contributed by atoms with Gasteiger partial charge in [0.25, 0.3) is 0 Å². The van der Waals surface area contributed by atoms with Crippen molar-refractivity contribution in [3.63, 3.8) is 0 Å². The fourth-order valence-corrected chi connectivity index (χ4v) is 1.59. The monoisotopic (exact) mass is 266 g/mol. The van der Waals surface area contributed by atoms with Crippen LogP contribution in [0.2, 0.25) is 5.02 Å². The van der Waals surface area contributed by atoms with Crippen LogP contribution in [0, 0.1) is 0 Å². The average Bonchev–Trinajstić information content (AvgIpc) is 2.83. The van der Waals surface area contributed by atoms with Gasteiger partial charge >= 0.3 is 6.09 Å². The lowest BCUT2D eigenvalue weighted by Gasteiger charge is -2.10. The van der Waals surface area contributed by atoms with Gasteiger partial charge in [-0.05, 0) is 25.1 Å². The van der Waals surface area contributed by atoms with Gasteiger partial charge in [0.05, 0.1) is 18.0 Å². The standard InChI is InChI=1S/C11H11ClN4O2/c1-2-18-11(17)15-9-5-8(12)3-4-10(9)16-7-13-6-14-16/h3-7H,2H2,1H3,(H,15,17). The molecule has 0 radical (unpaired) electrons. The Hall–Kier alpha value is -2.08. The van der Waals surface area contributed by atoms with E-state index in [9.17, 15) is 4.79 Å². The van der Waals surface area contributed by atoms with Crippen LogP contribution in [0.3, 0.4) is 0 Å². The van der Waals surface area contributed by atoms with E-state index < -0.39 is 6.09 Å². The highest BCUT2D eigenvalue weighted by Crippen LogP contribution is 2.23. The second-order valence-corrected chi connectivity index (χ2v) is 3.78. The van der Waals surface area contributed by atoms with Crippen molar-refractivity contribution in [1.29, 1.82) is 0 Å². The Kier molecular flexibility index (Phi) is 3.78. The first-order valence-corrected chi connectivity index (χ1v) is 5.67. The molecule has 0 aliphatic heterocycles. The Labute approximate surface area is 109 Å². The first kappa shape index (κ1) is 12.4. The molecular weight excluding hydrogens is 256 g/mol. The average molecular weight is 267 g/mol. The smallest absolute Gasteiger partial charge is 0.411 e. The Morgan fingerprint density at radius 1 is 1.56 bits per heavy atom. The summed E-state index contributed by atoms with van der Waals surface area (Å²) in [5.74, 6) is 0. The zero-order valence-electron chi connectivity index (χ0n) is 9.63. The molecule has 7 heteroatoms. The van der Waals surface area contributed by atoms with Crippen molar-refractivity contribution in [3.05, 3.63) is 35.9 Å². The normalized spacial score (nSPS) is 10.1. The zero-order valence-corrected chi connectivity index (χ0v) is 10.4. The molecule has 18 heavy (non-hydrogen) atoms. The van der Waals surface area contributed by atoms with Gasteiger partial charge in [0, 0.05) is 5.02 Å². The quantitative estimate of drug-likeness (QED) is 0.927. The van der Waals surface area contributed by atoms with Gasteiger partial charge in [-0.15, -0.1) is 0 Å². The summed E-state index contributed by atoms with van der Waals surface area (Å²) in [5, 5.41) is 7.11. The summed E-state index contributed by atoms with van der Waals surface area (Å²) in [7, 11) is 0. The topological polar surface area (TPSA) is 69.0 Å². The summed E-state index contributed by atoms with van der Waals surface area (Å²) < 4.78 is 6.35. The molecule has 0 bridgehead atoms. The minimum absolute atomic E-state index is 0.297. The number of carbonyl (C=O) groups excluding carboxylic acids is 1. The summed E-state index contributed by atoms with van der Waals surface area (Å²) in [6.45, 7) is 2.03. The van der Waals surface area contributed by atoms with Crippen LogP contribution in [0.15, 0.2) is 30.9 Å². The van der Waals surface area contributed by atoms with Crippen LogP contribution in [-0.4, -0.2) is 27.5 Å². The van der Waals surface area contributed by atoms with Crippen molar-refractivity contribution >= 4 is 23.4 Å². The van der Waals surface area contributed by atoms with Crippen LogP contribution in [0.4, 0.5) is 10.5 Å². The number of halogens is 1. The molecule has 1 amide bonds. The summed E-state index contributed by atoms with van der Waals surface area (Å²) in [4.78, 5) is 15.3. The van der Waals surface area contributed by atoms with Crippen molar-refractivity contribution in [2.24, 2.45) is 0 Å². The lowest BCUT2D eigenvalue weighted by atomic mass is 10.2. The fourth-order valence-electron chi connectivity index (χ4n) is 1.42. The van der Waals surface area contributed by atoms with E-state index in [1.807, 2.05) is 0 Å². The van der Waals surface area contributed by atoms with Crippen molar-refractivity contribution in [2.45, 2.75) is 6.92 Å². The molecule has 0 aliphatic carbocycles. The van der Waals surface area contributed by atoms with E-state index in [4.69, 9.17) is 16.3 Å².